The van der Waals surface area contributed by atoms with E-state index in [1.807, 2.05) is 18.2 Å². The molecule has 5 heteroatoms. The van der Waals surface area contributed by atoms with E-state index in [0.717, 1.165) is 40.3 Å². The first-order valence-corrected chi connectivity index (χ1v) is 8.10. The largest absolute Gasteiger partial charge is 0.383 e. The van der Waals surface area contributed by atoms with Gasteiger partial charge in [-0.15, -0.1) is 0 Å². The molecule has 0 radical (unpaired) electrons. The summed E-state index contributed by atoms with van der Waals surface area (Å²) in [5.74, 6) is 2.49. The second kappa shape index (κ2) is 5.41. The molecule has 0 bridgehead atoms. The van der Waals surface area contributed by atoms with E-state index in [1.54, 1.807) is 0 Å². The van der Waals surface area contributed by atoms with Crippen LogP contribution in [0.4, 0.5) is 5.82 Å². The molecule has 106 valence electrons. The zero-order valence-corrected chi connectivity index (χ0v) is 13.7. The zero-order valence-electron chi connectivity index (χ0n) is 11.4. The number of imidazole rings is 1. The maximum absolute atomic E-state index is 6.34. The third kappa shape index (κ3) is 2.47. The monoisotopic (exact) mass is 353 g/mol. The van der Waals surface area contributed by atoms with Crippen molar-refractivity contribution < 1.29 is 0 Å². The lowest BCUT2D eigenvalue weighted by Gasteiger charge is -2.07. The molecule has 1 aliphatic rings. The van der Waals surface area contributed by atoms with E-state index in [9.17, 15) is 0 Å². The van der Waals surface area contributed by atoms with Crippen molar-refractivity contribution in [3.63, 3.8) is 0 Å². The van der Waals surface area contributed by atoms with Gasteiger partial charge in [-0.05, 0) is 31.4 Å². The van der Waals surface area contributed by atoms with Crippen LogP contribution < -0.4 is 5.73 Å². The van der Waals surface area contributed by atoms with Gasteiger partial charge >= 0.3 is 0 Å². The van der Waals surface area contributed by atoms with Crippen LogP contribution in [0.15, 0.2) is 22.7 Å². The Morgan fingerprint density at radius 1 is 1.45 bits per heavy atom. The molecule has 1 saturated carbocycles. The number of hydrogen-bond acceptors (Lipinski definition) is 2. The Morgan fingerprint density at radius 3 is 2.80 bits per heavy atom. The lowest BCUT2D eigenvalue weighted by molar-refractivity contribution is 0.646. The number of nitrogen functional groups attached to an aromatic ring is 1. The van der Waals surface area contributed by atoms with Gasteiger partial charge < -0.3 is 10.3 Å². The molecule has 1 aromatic heterocycles. The predicted octanol–water partition coefficient (Wildman–Crippen LogP) is 4.84. The Bertz CT molecular complexity index is 647. The van der Waals surface area contributed by atoms with Crippen molar-refractivity contribution in [2.24, 2.45) is 0 Å². The topological polar surface area (TPSA) is 43.8 Å². The number of nitrogens with two attached hydrogens (primary N) is 1. The Kier molecular flexibility index (Phi) is 3.78. The van der Waals surface area contributed by atoms with Crippen molar-refractivity contribution in [2.75, 3.05) is 5.73 Å². The zero-order chi connectivity index (χ0) is 14.3. The number of benzene rings is 1. The molecule has 20 heavy (non-hydrogen) atoms. The minimum atomic E-state index is 0.587. The van der Waals surface area contributed by atoms with Crippen molar-refractivity contribution in [1.82, 2.24) is 9.55 Å². The van der Waals surface area contributed by atoms with Gasteiger partial charge in [0, 0.05) is 27.5 Å². The van der Waals surface area contributed by atoms with Crippen LogP contribution in [0.5, 0.6) is 0 Å². The standard InChI is InChI=1S/C15H17BrClN3/c1-2-7-20-14(18)13(19-15(20)9-3-4-9)11-6-5-10(17)8-12(11)16/h5-6,8-9H,2-4,7,18H2,1H3. The minimum absolute atomic E-state index is 0.587. The van der Waals surface area contributed by atoms with Crippen molar-refractivity contribution in [2.45, 2.75) is 38.6 Å². The average Bonchev–Trinajstić information content (AvgIpc) is 3.19. The summed E-state index contributed by atoms with van der Waals surface area (Å²) in [5, 5.41) is 0.703. The number of rotatable bonds is 4. The molecule has 0 atom stereocenters. The van der Waals surface area contributed by atoms with E-state index in [-0.39, 0.29) is 0 Å². The lowest BCUT2D eigenvalue weighted by atomic mass is 10.1. The molecule has 1 heterocycles. The molecule has 0 saturated heterocycles. The van der Waals surface area contributed by atoms with Crippen LogP contribution in [-0.4, -0.2) is 9.55 Å². The fourth-order valence-corrected chi connectivity index (χ4v) is 3.35. The number of anilines is 1. The highest BCUT2D eigenvalue weighted by Gasteiger charge is 2.31. The molecular formula is C15H17BrClN3. The van der Waals surface area contributed by atoms with Gasteiger partial charge in [-0.1, -0.05) is 40.5 Å². The summed E-state index contributed by atoms with van der Waals surface area (Å²) in [4.78, 5) is 4.82. The van der Waals surface area contributed by atoms with Crippen molar-refractivity contribution in [3.05, 3.63) is 33.5 Å². The van der Waals surface area contributed by atoms with Gasteiger partial charge in [0.15, 0.2) is 0 Å². The van der Waals surface area contributed by atoms with Crippen LogP contribution in [-0.2, 0) is 6.54 Å². The van der Waals surface area contributed by atoms with Gasteiger partial charge in [0.05, 0.1) is 0 Å². The smallest absolute Gasteiger partial charge is 0.131 e. The first-order chi connectivity index (χ1) is 9.61. The van der Waals surface area contributed by atoms with Crippen molar-refractivity contribution >= 4 is 33.3 Å². The summed E-state index contributed by atoms with van der Waals surface area (Å²) in [6, 6.07) is 5.72. The Hall–Kier alpha value is -1.00. The maximum Gasteiger partial charge on any atom is 0.131 e. The molecule has 1 aromatic carbocycles. The maximum atomic E-state index is 6.34. The molecule has 3 rings (SSSR count). The predicted molar refractivity (Wildman–Crippen MR) is 87.1 cm³/mol. The molecule has 2 aromatic rings. The highest BCUT2D eigenvalue weighted by molar-refractivity contribution is 9.10. The van der Waals surface area contributed by atoms with Crippen LogP contribution >= 0.6 is 27.5 Å². The summed E-state index contributed by atoms with van der Waals surface area (Å²) in [6.07, 6.45) is 3.50. The molecule has 0 amide bonds. The van der Waals surface area contributed by atoms with Crippen LogP contribution in [0.3, 0.4) is 0 Å². The van der Waals surface area contributed by atoms with E-state index in [1.165, 1.54) is 12.8 Å². The highest BCUT2D eigenvalue weighted by Crippen LogP contribution is 2.43. The fraction of sp³-hybridized carbons (Fsp3) is 0.400. The molecule has 1 aliphatic carbocycles. The fourth-order valence-electron chi connectivity index (χ4n) is 2.47. The SMILES string of the molecule is CCCn1c(C2CC2)nc(-c2ccc(Cl)cc2Br)c1N. The normalized spacial score (nSPS) is 14.8. The molecule has 1 fully saturated rings. The number of halogens is 2. The van der Waals surface area contributed by atoms with E-state index in [2.05, 4.69) is 27.4 Å². The summed E-state index contributed by atoms with van der Waals surface area (Å²) in [6.45, 7) is 3.09. The van der Waals surface area contributed by atoms with Crippen LogP contribution in [0.25, 0.3) is 11.3 Å². The first kappa shape index (κ1) is 14.0. The summed E-state index contributed by atoms with van der Waals surface area (Å²) in [5.41, 5.74) is 8.21. The summed E-state index contributed by atoms with van der Waals surface area (Å²) in [7, 11) is 0. The molecule has 0 spiro atoms. The number of hydrogen-bond donors (Lipinski definition) is 1. The highest BCUT2D eigenvalue weighted by atomic mass is 79.9. The Morgan fingerprint density at radius 2 is 2.20 bits per heavy atom. The van der Waals surface area contributed by atoms with E-state index >= 15 is 0 Å². The summed E-state index contributed by atoms with van der Waals surface area (Å²) < 4.78 is 3.11. The quantitative estimate of drug-likeness (QED) is 0.854. The van der Waals surface area contributed by atoms with Gasteiger partial charge in [-0.3, -0.25) is 0 Å². The Labute approximate surface area is 132 Å². The first-order valence-electron chi connectivity index (χ1n) is 6.93. The van der Waals surface area contributed by atoms with Crippen molar-refractivity contribution in [3.8, 4) is 11.3 Å². The number of nitrogens with zero attached hydrogens (tertiary/aromatic N) is 2. The van der Waals surface area contributed by atoms with Crippen LogP contribution in [0.1, 0.15) is 37.9 Å². The van der Waals surface area contributed by atoms with Gasteiger partial charge in [0.2, 0.25) is 0 Å². The number of aromatic nitrogens is 2. The lowest BCUT2D eigenvalue weighted by Crippen LogP contribution is -2.06. The molecular weight excluding hydrogens is 338 g/mol. The molecule has 2 N–H and O–H groups in total. The minimum Gasteiger partial charge on any atom is -0.383 e. The summed E-state index contributed by atoms with van der Waals surface area (Å²) >= 11 is 9.56. The Balaban J connectivity index is 2.11. The van der Waals surface area contributed by atoms with Gasteiger partial charge in [-0.25, -0.2) is 4.98 Å². The van der Waals surface area contributed by atoms with Crippen molar-refractivity contribution in [1.29, 1.82) is 0 Å². The average molecular weight is 355 g/mol. The second-order valence-electron chi connectivity index (χ2n) is 5.25. The van der Waals surface area contributed by atoms with Gasteiger partial charge in [0.25, 0.3) is 0 Å². The second-order valence-corrected chi connectivity index (χ2v) is 6.54. The van der Waals surface area contributed by atoms with Crippen LogP contribution in [0, 0.1) is 0 Å². The van der Waals surface area contributed by atoms with E-state index in [0.29, 0.717) is 10.9 Å². The van der Waals surface area contributed by atoms with Gasteiger partial charge in [-0.2, -0.15) is 0 Å². The van der Waals surface area contributed by atoms with E-state index in [4.69, 9.17) is 22.3 Å². The third-order valence-corrected chi connectivity index (χ3v) is 4.50. The molecule has 0 aliphatic heterocycles. The molecule has 0 unspecified atom stereocenters. The third-order valence-electron chi connectivity index (χ3n) is 3.61. The molecule has 3 nitrogen and oxygen atoms in total. The van der Waals surface area contributed by atoms with Crippen LogP contribution in [0.2, 0.25) is 5.02 Å². The van der Waals surface area contributed by atoms with E-state index < -0.39 is 0 Å². The van der Waals surface area contributed by atoms with Gasteiger partial charge in [0.1, 0.15) is 17.3 Å².